The van der Waals surface area contributed by atoms with E-state index in [0.717, 1.165) is 19.3 Å². The van der Waals surface area contributed by atoms with Gasteiger partial charge in [0.2, 0.25) is 18.3 Å². The fraction of sp³-hybridized carbons (Fsp3) is 0.385. The Kier molecular flexibility index (Phi) is 5.43. The summed E-state index contributed by atoms with van der Waals surface area (Å²) < 4.78 is 0. The SMILES string of the molecule is CC(CCCc1ccsc1)Nc1ncnc(NC=O)n1. The Hall–Kier alpha value is -2.02. The van der Waals surface area contributed by atoms with Crippen molar-refractivity contribution in [1.29, 1.82) is 0 Å². The van der Waals surface area contributed by atoms with Crippen LogP contribution in [0.1, 0.15) is 25.3 Å². The van der Waals surface area contributed by atoms with Gasteiger partial charge in [0.15, 0.2) is 0 Å². The topological polar surface area (TPSA) is 79.8 Å². The zero-order chi connectivity index (χ0) is 14.2. The molecule has 0 bridgehead atoms. The summed E-state index contributed by atoms with van der Waals surface area (Å²) in [6.07, 6.45) is 5.14. The Balaban J connectivity index is 1.77. The number of carbonyl (C=O) groups is 1. The Morgan fingerprint density at radius 3 is 3.00 bits per heavy atom. The van der Waals surface area contributed by atoms with Gasteiger partial charge in [-0.05, 0) is 48.6 Å². The van der Waals surface area contributed by atoms with Crippen LogP contribution in [0.25, 0.3) is 0 Å². The minimum atomic E-state index is 0.253. The zero-order valence-corrected chi connectivity index (χ0v) is 12.1. The largest absolute Gasteiger partial charge is 0.352 e. The van der Waals surface area contributed by atoms with Crippen LogP contribution in [0.2, 0.25) is 0 Å². The second-order valence-corrected chi connectivity index (χ2v) is 5.24. The summed E-state index contributed by atoms with van der Waals surface area (Å²) in [6, 6.07) is 2.42. The van der Waals surface area contributed by atoms with Crippen molar-refractivity contribution in [1.82, 2.24) is 15.0 Å². The monoisotopic (exact) mass is 291 g/mol. The molecule has 0 aliphatic heterocycles. The van der Waals surface area contributed by atoms with Crippen LogP contribution in [0.5, 0.6) is 0 Å². The number of nitrogens with one attached hydrogen (secondary N) is 2. The number of thiophene rings is 1. The van der Waals surface area contributed by atoms with Gasteiger partial charge in [-0.3, -0.25) is 10.1 Å². The number of amides is 1. The van der Waals surface area contributed by atoms with Crippen molar-refractivity contribution >= 4 is 29.6 Å². The molecule has 2 heterocycles. The maximum atomic E-state index is 10.3. The summed E-state index contributed by atoms with van der Waals surface area (Å²) >= 11 is 1.73. The first-order chi connectivity index (χ1) is 9.78. The second-order valence-electron chi connectivity index (χ2n) is 4.46. The van der Waals surface area contributed by atoms with Crippen molar-refractivity contribution in [3.05, 3.63) is 28.7 Å². The molecule has 2 aromatic heterocycles. The van der Waals surface area contributed by atoms with Gasteiger partial charge in [-0.2, -0.15) is 16.3 Å². The van der Waals surface area contributed by atoms with E-state index in [1.807, 2.05) is 0 Å². The first kappa shape index (κ1) is 14.4. The van der Waals surface area contributed by atoms with Crippen LogP contribution < -0.4 is 10.6 Å². The number of hydrogen-bond acceptors (Lipinski definition) is 6. The van der Waals surface area contributed by atoms with E-state index in [-0.39, 0.29) is 12.0 Å². The van der Waals surface area contributed by atoms with E-state index in [2.05, 4.69) is 49.3 Å². The smallest absolute Gasteiger partial charge is 0.233 e. The van der Waals surface area contributed by atoms with Crippen LogP contribution in [-0.2, 0) is 11.2 Å². The van der Waals surface area contributed by atoms with Gasteiger partial charge in [-0.15, -0.1) is 0 Å². The zero-order valence-electron chi connectivity index (χ0n) is 11.2. The molecule has 1 atom stereocenters. The van der Waals surface area contributed by atoms with Gasteiger partial charge >= 0.3 is 0 Å². The average molecular weight is 291 g/mol. The van der Waals surface area contributed by atoms with Crippen LogP contribution >= 0.6 is 11.3 Å². The van der Waals surface area contributed by atoms with Crippen LogP contribution in [-0.4, -0.2) is 27.4 Å². The maximum absolute atomic E-state index is 10.3. The number of nitrogens with zero attached hydrogens (tertiary/aromatic N) is 3. The molecule has 106 valence electrons. The molecule has 0 saturated heterocycles. The minimum absolute atomic E-state index is 0.253. The van der Waals surface area contributed by atoms with Crippen molar-refractivity contribution in [2.24, 2.45) is 0 Å². The normalized spacial score (nSPS) is 11.8. The first-order valence-corrected chi connectivity index (χ1v) is 7.39. The summed E-state index contributed by atoms with van der Waals surface area (Å²) in [6.45, 7) is 2.09. The maximum Gasteiger partial charge on any atom is 0.233 e. The molecule has 20 heavy (non-hydrogen) atoms. The molecule has 0 aromatic carbocycles. The lowest BCUT2D eigenvalue weighted by Crippen LogP contribution is -2.18. The van der Waals surface area contributed by atoms with Gasteiger partial charge in [0.05, 0.1) is 0 Å². The number of anilines is 2. The van der Waals surface area contributed by atoms with Crippen molar-refractivity contribution in [2.75, 3.05) is 10.6 Å². The molecular formula is C13H17N5OS. The lowest BCUT2D eigenvalue weighted by molar-refractivity contribution is -0.105. The third kappa shape index (κ3) is 4.58. The predicted molar refractivity (Wildman–Crippen MR) is 79.9 cm³/mol. The summed E-state index contributed by atoms with van der Waals surface area (Å²) in [7, 11) is 0. The number of rotatable bonds is 8. The van der Waals surface area contributed by atoms with Crippen molar-refractivity contribution < 1.29 is 4.79 Å². The van der Waals surface area contributed by atoms with E-state index in [1.54, 1.807) is 11.3 Å². The molecule has 1 unspecified atom stereocenters. The Morgan fingerprint density at radius 1 is 1.40 bits per heavy atom. The van der Waals surface area contributed by atoms with Gasteiger partial charge in [0, 0.05) is 6.04 Å². The summed E-state index contributed by atoms with van der Waals surface area (Å²) in [4.78, 5) is 22.3. The van der Waals surface area contributed by atoms with Gasteiger partial charge in [-0.25, -0.2) is 9.97 Å². The van der Waals surface area contributed by atoms with E-state index < -0.39 is 0 Å². The molecule has 6 nitrogen and oxygen atoms in total. The number of aromatic nitrogens is 3. The van der Waals surface area contributed by atoms with Gasteiger partial charge in [-0.1, -0.05) is 0 Å². The van der Waals surface area contributed by atoms with Crippen molar-refractivity contribution in [3.63, 3.8) is 0 Å². The Morgan fingerprint density at radius 2 is 2.25 bits per heavy atom. The molecule has 0 aliphatic carbocycles. The highest BCUT2D eigenvalue weighted by Crippen LogP contribution is 2.12. The van der Waals surface area contributed by atoms with Gasteiger partial charge in [0.25, 0.3) is 0 Å². The summed E-state index contributed by atoms with van der Waals surface area (Å²) in [5.74, 6) is 0.732. The number of carbonyl (C=O) groups excluding carboxylic acids is 1. The highest BCUT2D eigenvalue weighted by atomic mass is 32.1. The van der Waals surface area contributed by atoms with Gasteiger partial charge < -0.3 is 5.32 Å². The Bertz CT molecular complexity index is 531. The van der Waals surface area contributed by atoms with E-state index in [4.69, 9.17) is 0 Å². The number of aryl methyl sites for hydroxylation is 1. The second kappa shape index (κ2) is 7.54. The molecule has 0 aliphatic rings. The molecule has 1 amide bonds. The van der Waals surface area contributed by atoms with E-state index >= 15 is 0 Å². The van der Waals surface area contributed by atoms with Crippen molar-refractivity contribution in [2.45, 2.75) is 32.2 Å². The molecule has 0 fully saturated rings. The molecule has 2 rings (SSSR count). The molecular weight excluding hydrogens is 274 g/mol. The molecule has 7 heteroatoms. The third-order valence-electron chi connectivity index (χ3n) is 2.82. The molecule has 0 spiro atoms. The standard InChI is InChI=1S/C13H17N5OS/c1-10(3-2-4-11-5-6-20-7-11)17-13-15-8-14-12(18-13)16-9-19/h5-10H,2-4H2,1H3,(H2,14,15,16,17,18,19). The van der Waals surface area contributed by atoms with Crippen LogP contribution in [0.4, 0.5) is 11.9 Å². The highest BCUT2D eigenvalue weighted by molar-refractivity contribution is 7.07. The van der Waals surface area contributed by atoms with E-state index in [9.17, 15) is 4.79 Å². The first-order valence-electron chi connectivity index (χ1n) is 6.45. The molecule has 2 N–H and O–H groups in total. The fourth-order valence-corrected chi connectivity index (χ4v) is 2.53. The van der Waals surface area contributed by atoms with Crippen molar-refractivity contribution in [3.8, 4) is 0 Å². The van der Waals surface area contributed by atoms with Gasteiger partial charge in [0.1, 0.15) is 6.33 Å². The van der Waals surface area contributed by atoms with E-state index in [1.165, 1.54) is 11.9 Å². The number of hydrogen-bond donors (Lipinski definition) is 2. The lowest BCUT2D eigenvalue weighted by Gasteiger charge is -2.13. The molecule has 2 aromatic rings. The summed E-state index contributed by atoms with van der Waals surface area (Å²) in [5, 5.41) is 9.89. The fourth-order valence-electron chi connectivity index (χ4n) is 1.83. The van der Waals surface area contributed by atoms with Crippen LogP contribution in [0.3, 0.4) is 0 Å². The molecule has 0 radical (unpaired) electrons. The quantitative estimate of drug-likeness (QED) is 0.730. The lowest BCUT2D eigenvalue weighted by atomic mass is 10.1. The Labute approximate surface area is 121 Å². The van der Waals surface area contributed by atoms with Crippen LogP contribution in [0, 0.1) is 0 Å². The third-order valence-corrected chi connectivity index (χ3v) is 3.55. The molecule has 0 saturated carbocycles. The highest BCUT2D eigenvalue weighted by Gasteiger charge is 2.05. The van der Waals surface area contributed by atoms with E-state index in [0.29, 0.717) is 12.4 Å². The van der Waals surface area contributed by atoms with Crippen LogP contribution in [0.15, 0.2) is 23.2 Å². The average Bonchev–Trinajstić information content (AvgIpc) is 2.93. The summed E-state index contributed by atoms with van der Waals surface area (Å²) in [5.41, 5.74) is 1.39. The minimum Gasteiger partial charge on any atom is -0.352 e. The predicted octanol–water partition coefficient (Wildman–Crippen LogP) is 2.32.